The number of aliphatic carboxylic acids is 1. The molecule has 3 aromatic rings. The average molecular weight is 345 g/mol. The molecule has 122 valence electrons. The lowest BCUT2D eigenvalue weighted by Crippen LogP contribution is -2.11. The van der Waals surface area contributed by atoms with E-state index in [0.29, 0.717) is 23.6 Å². The van der Waals surface area contributed by atoms with Crippen molar-refractivity contribution in [3.63, 3.8) is 0 Å². The third-order valence-electron chi connectivity index (χ3n) is 3.63. The number of hydrogen-bond acceptors (Lipinski definition) is 2. The van der Waals surface area contributed by atoms with E-state index in [1.165, 1.54) is 12.1 Å². The summed E-state index contributed by atoms with van der Waals surface area (Å²) < 4.78 is 14.9. The van der Waals surface area contributed by atoms with Crippen molar-refractivity contribution in [2.45, 2.75) is 13.0 Å². The highest BCUT2D eigenvalue weighted by Gasteiger charge is 2.19. The van der Waals surface area contributed by atoms with Crippen molar-refractivity contribution in [3.05, 3.63) is 76.8 Å². The second-order valence-electron chi connectivity index (χ2n) is 5.32. The molecule has 24 heavy (non-hydrogen) atoms. The first kappa shape index (κ1) is 16.2. The normalized spacial score (nSPS) is 10.8. The van der Waals surface area contributed by atoms with E-state index >= 15 is 0 Å². The SMILES string of the molecule is O=C(O)Cc1c(Cl)nc(-c2ccc(F)cc2)n1Cc1ccccc1. The van der Waals surface area contributed by atoms with Crippen LogP contribution in [0.25, 0.3) is 11.4 Å². The zero-order chi connectivity index (χ0) is 17.1. The van der Waals surface area contributed by atoms with Crippen LogP contribution in [-0.2, 0) is 17.8 Å². The maximum atomic E-state index is 13.2. The lowest BCUT2D eigenvalue weighted by molar-refractivity contribution is -0.136. The molecule has 0 aliphatic rings. The molecule has 2 aromatic carbocycles. The molecule has 0 fully saturated rings. The van der Waals surface area contributed by atoms with Crippen molar-refractivity contribution in [1.82, 2.24) is 9.55 Å². The molecule has 3 rings (SSSR count). The van der Waals surface area contributed by atoms with Crippen LogP contribution in [-0.4, -0.2) is 20.6 Å². The summed E-state index contributed by atoms with van der Waals surface area (Å²) in [4.78, 5) is 15.5. The molecule has 6 heteroatoms. The van der Waals surface area contributed by atoms with Crippen LogP contribution in [0, 0.1) is 5.82 Å². The van der Waals surface area contributed by atoms with Gasteiger partial charge in [0, 0.05) is 12.1 Å². The third-order valence-corrected chi connectivity index (χ3v) is 3.93. The quantitative estimate of drug-likeness (QED) is 0.760. The smallest absolute Gasteiger partial charge is 0.309 e. The molecule has 1 heterocycles. The first-order chi connectivity index (χ1) is 11.5. The second-order valence-corrected chi connectivity index (χ2v) is 5.68. The highest BCUT2D eigenvalue weighted by molar-refractivity contribution is 6.30. The summed E-state index contributed by atoms with van der Waals surface area (Å²) in [6, 6.07) is 15.5. The Hall–Kier alpha value is -2.66. The Morgan fingerprint density at radius 2 is 1.79 bits per heavy atom. The fourth-order valence-corrected chi connectivity index (χ4v) is 2.77. The van der Waals surface area contributed by atoms with Crippen molar-refractivity contribution >= 4 is 17.6 Å². The summed E-state index contributed by atoms with van der Waals surface area (Å²) in [7, 11) is 0. The van der Waals surface area contributed by atoms with Gasteiger partial charge in [-0.15, -0.1) is 0 Å². The molecule has 0 amide bonds. The highest BCUT2D eigenvalue weighted by atomic mass is 35.5. The number of carboxylic acids is 1. The number of benzene rings is 2. The summed E-state index contributed by atoms with van der Waals surface area (Å²) in [5.41, 5.74) is 2.08. The van der Waals surface area contributed by atoms with Gasteiger partial charge in [0.05, 0.1) is 12.1 Å². The van der Waals surface area contributed by atoms with E-state index in [1.54, 1.807) is 16.7 Å². The number of nitrogens with zero attached hydrogens (tertiary/aromatic N) is 2. The lowest BCUT2D eigenvalue weighted by Gasteiger charge is -2.11. The maximum absolute atomic E-state index is 13.2. The molecular weight excluding hydrogens is 331 g/mol. The van der Waals surface area contributed by atoms with Crippen molar-refractivity contribution < 1.29 is 14.3 Å². The molecule has 0 saturated heterocycles. The molecule has 1 N–H and O–H groups in total. The molecule has 1 aromatic heterocycles. The van der Waals surface area contributed by atoms with E-state index in [0.717, 1.165) is 5.56 Å². The number of imidazole rings is 1. The number of carboxylic acid groups (broad SMARTS) is 1. The molecule has 0 spiro atoms. The van der Waals surface area contributed by atoms with Gasteiger partial charge in [-0.2, -0.15) is 0 Å². The van der Waals surface area contributed by atoms with Crippen molar-refractivity contribution in [2.75, 3.05) is 0 Å². The molecular formula is C18H14ClFN2O2. The predicted octanol–water partition coefficient (Wildman–Crippen LogP) is 4.02. The zero-order valence-electron chi connectivity index (χ0n) is 12.6. The van der Waals surface area contributed by atoms with E-state index in [4.69, 9.17) is 16.7 Å². The van der Waals surface area contributed by atoms with Gasteiger partial charge in [0.1, 0.15) is 11.6 Å². The van der Waals surface area contributed by atoms with Crippen molar-refractivity contribution in [3.8, 4) is 11.4 Å². The van der Waals surface area contributed by atoms with Gasteiger partial charge in [0.15, 0.2) is 5.15 Å². The van der Waals surface area contributed by atoms with Crippen LogP contribution in [0.15, 0.2) is 54.6 Å². The van der Waals surface area contributed by atoms with Gasteiger partial charge in [0.25, 0.3) is 0 Å². The summed E-state index contributed by atoms with van der Waals surface area (Å²) in [5, 5.41) is 9.29. The Bertz CT molecular complexity index is 861. The van der Waals surface area contributed by atoms with Gasteiger partial charge in [-0.3, -0.25) is 4.79 Å². The second kappa shape index (κ2) is 6.84. The van der Waals surface area contributed by atoms with E-state index in [9.17, 15) is 9.18 Å². The molecule has 0 radical (unpaired) electrons. The number of carbonyl (C=O) groups is 1. The molecule has 0 aliphatic heterocycles. The van der Waals surface area contributed by atoms with E-state index in [-0.39, 0.29) is 17.4 Å². The van der Waals surface area contributed by atoms with Crippen LogP contribution >= 0.6 is 11.6 Å². The fourth-order valence-electron chi connectivity index (χ4n) is 2.52. The van der Waals surface area contributed by atoms with Crippen LogP contribution in [0.5, 0.6) is 0 Å². The number of halogens is 2. The van der Waals surface area contributed by atoms with E-state index in [2.05, 4.69) is 4.98 Å². The maximum Gasteiger partial charge on any atom is 0.309 e. The Morgan fingerprint density at radius 3 is 2.42 bits per heavy atom. The minimum atomic E-state index is -0.989. The Labute approximate surface area is 143 Å². The molecule has 0 saturated carbocycles. The van der Waals surface area contributed by atoms with Crippen LogP contribution in [0.1, 0.15) is 11.3 Å². The fraction of sp³-hybridized carbons (Fsp3) is 0.111. The summed E-state index contributed by atoms with van der Waals surface area (Å²) >= 11 is 6.17. The Morgan fingerprint density at radius 1 is 1.12 bits per heavy atom. The molecule has 0 aliphatic carbocycles. The van der Waals surface area contributed by atoms with Gasteiger partial charge in [0.2, 0.25) is 0 Å². The summed E-state index contributed by atoms with van der Waals surface area (Å²) in [5.74, 6) is -0.825. The summed E-state index contributed by atoms with van der Waals surface area (Å²) in [6.07, 6.45) is -0.236. The average Bonchev–Trinajstić information content (AvgIpc) is 2.85. The monoisotopic (exact) mass is 344 g/mol. The van der Waals surface area contributed by atoms with Gasteiger partial charge in [-0.05, 0) is 29.8 Å². The Kier molecular flexibility index (Phi) is 4.62. The van der Waals surface area contributed by atoms with Gasteiger partial charge in [-0.1, -0.05) is 41.9 Å². The number of aromatic nitrogens is 2. The number of hydrogen-bond donors (Lipinski definition) is 1. The van der Waals surface area contributed by atoms with Gasteiger partial charge in [-0.25, -0.2) is 9.37 Å². The topological polar surface area (TPSA) is 55.1 Å². The van der Waals surface area contributed by atoms with Crippen LogP contribution < -0.4 is 0 Å². The van der Waals surface area contributed by atoms with E-state index in [1.807, 2.05) is 30.3 Å². The molecule has 0 unspecified atom stereocenters. The standard InChI is InChI=1S/C18H14ClFN2O2/c19-17-15(10-16(23)24)22(11-12-4-2-1-3-5-12)18(21-17)13-6-8-14(20)9-7-13/h1-9H,10-11H2,(H,23,24). The Balaban J connectivity index is 2.10. The molecule has 4 nitrogen and oxygen atoms in total. The van der Waals surface area contributed by atoms with Crippen molar-refractivity contribution in [1.29, 1.82) is 0 Å². The predicted molar refractivity (Wildman–Crippen MR) is 89.5 cm³/mol. The molecule has 0 atom stereocenters. The first-order valence-electron chi connectivity index (χ1n) is 7.31. The van der Waals surface area contributed by atoms with E-state index < -0.39 is 5.97 Å². The summed E-state index contributed by atoms with van der Waals surface area (Å²) in [6.45, 7) is 0.426. The van der Waals surface area contributed by atoms with Crippen LogP contribution in [0.4, 0.5) is 4.39 Å². The lowest BCUT2D eigenvalue weighted by atomic mass is 10.2. The third kappa shape index (κ3) is 3.46. The number of rotatable bonds is 5. The first-order valence-corrected chi connectivity index (χ1v) is 7.69. The van der Waals surface area contributed by atoms with Gasteiger partial charge >= 0.3 is 5.97 Å². The molecule has 0 bridgehead atoms. The van der Waals surface area contributed by atoms with Crippen LogP contribution in [0.3, 0.4) is 0 Å². The van der Waals surface area contributed by atoms with Gasteiger partial charge < -0.3 is 9.67 Å². The minimum Gasteiger partial charge on any atom is -0.481 e. The minimum absolute atomic E-state index is 0.146. The zero-order valence-corrected chi connectivity index (χ0v) is 13.4. The van der Waals surface area contributed by atoms with Crippen LogP contribution in [0.2, 0.25) is 5.15 Å². The largest absolute Gasteiger partial charge is 0.481 e. The highest BCUT2D eigenvalue weighted by Crippen LogP contribution is 2.27. The van der Waals surface area contributed by atoms with Crippen molar-refractivity contribution in [2.24, 2.45) is 0 Å².